The van der Waals surface area contributed by atoms with Crippen LogP contribution in [0.4, 0.5) is 4.79 Å². The van der Waals surface area contributed by atoms with Crippen molar-refractivity contribution < 1.29 is 17.9 Å². The van der Waals surface area contributed by atoms with Crippen molar-refractivity contribution in [2.45, 2.75) is 69.9 Å². The number of rotatable bonds is 5. The first-order valence-electron chi connectivity index (χ1n) is 7.23. The topological polar surface area (TPSA) is 84.5 Å². The molecule has 1 saturated carbocycles. The molecule has 1 aliphatic rings. The Balaban J connectivity index is 2.27. The van der Waals surface area contributed by atoms with Crippen LogP contribution in [-0.2, 0) is 14.6 Å². The molecule has 0 bridgehead atoms. The number of amides is 1. The molecule has 1 amide bonds. The molecule has 0 aromatic carbocycles. The average Bonchev–Trinajstić information content (AvgIpc) is 2.16. The van der Waals surface area contributed by atoms with Gasteiger partial charge in [-0.25, -0.2) is 13.2 Å². The van der Waals surface area contributed by atoms with Crippen molar-refractivity contribution in [2.75, 3.05) is 12.8 Å². The Morgan fingerprint density at radius 2 is 1.67 bits per heavy atom. The molecule has 0 saturated heterocycles. The minimum absolute atomic E-state index is 0.0960. The van der Waals surface area contributed by atoms with Crippen LogP contribution in [-0.4, -0.2) is 49.7 Å². The summed E-state index contributed by atoms with van der Waals surface area (Å²) in [4.78, 5) is 11.6. The maximum atomic E-state index is 11.6. The van der Waals surface area contributed by atoms with E-state index in [-0.39, 0.29) is 12.1 Å². The molecule has 1 rings (SSSR count). The summed E-state index contributed by atoms with van der Waals surface area (Å²) in [5, 5.41) is 6.06. The first kappa shape index (κ1) is 18.2. The lowest BCUT2D eigenvalue weighted by molar-refractivity contribution is 0.0465. The Kier molecular flexibility index (Phi) is 5.31. The molecule has 0 heterocycles. The smallest absolute Gasteiger partial charge is 0.407 e. The van der Waals surface area contributed by atoms with E-state index in [0.717, 1.165) is 12.8 Å². The molecule has 7 heteroatoms. The van der Waals surface area contributed by atoms with Crippen LogP contribution in [0.3, 0.4) is 0 Å². The van der Waals surface area contributed by atoms with E-state index >= 15 is 0 Å². The lowest BCUT2D eigenvalue weighted by atomic mass is 9.86. The summed E-state index contributed by atoms with van der Waals surface area (Å²) in [6.07, 6.45) is 2.43. The molecular formula is C14H28N2O4S. The van der Waals surface area contributed by atoms with Crippen molar-refractivity contribution in [3.63, 3.8) is 0 Å². The Morgan fingerprint density at radius 3 is 2.10 bits per heavy atom. The van der Waals surface area contributed by atoms with Crippen molar-refractivity contribution in [2.24, 2.45) is 0 Å². The predicted molar refractivity (Wildman–Crippen MR) is 83.1 cm³/mol. The molecular weight excluding hydrogens is 292 g/mol. The van der Waals surface area contributed by atoms with Crippen molar-refractivity contribution in [1.29, 1.82) is 0 Å². The van der Waals surface area contributed by atoms with Gasteiger partial charge in [-0.3, -0.25) is 0 Å². The maximum absolute atomic E-state index is 11.6. The molecule has 21 heavy (non-hydrogen) atoms. The lowest BCUT2D eigenvalue weighted by Gasteiger charge is -2.38. The molecule has 6 nitrogen and oxygen atoms in total. The highest BCUT2D eigenvalue weighted by molar-refractivity contribution is 7.92. The molecule has 0 spiro atoms. The van der Waals surface area contributed by atoms with Gasteiger partial charge in [-0.2, -0.15) is 0 Å². The van der Waals surface area contributed by atoms with E-state index in [2.05, 4.69) is 10.6 Å². The second kappa shape index (κ2) is 6.12. The number of hydrogen-bond acceptors (Lipinski definition) is 5. The summed E-state index contributed by atoms with van der Waals surface area (Å²) in [5.74, 6) is 0. The summed E-state index contributed by atoms with van der Waals surface area (Å²) in [6, 6.07) is 0.338. The number of carbonyl (C=O) groups is 1. The normalized spacial score (nSPS) is 23.3. The minimum Gasteiger partial charge on any atom is -0.444 e. The molecule has 0 aliphatic heterocycles. The first-order valence-corrected chi connectivity index (χ1v) is 9.12. The molecule has 0 radical (unpaired) electrons. The summed E-state index contributed by atoms with van der Waals surface area (Å²) >= 11 is 0. The standard InChI is InChI=1S/C14H28N2O4S/c1-13(2,3)20-12(17)16-11-7-10(8-11)15-9-14(4,5)21(6,18)19/h10-11,15H,7-9H2,1-6H3,(H,16,17). The van der Waals surface area contributed by atoms with Crippen LogP contribution >= 0.6 is 0 Å². The molecule has 0 aromatic rings. The molecule has 0 aromatic heterocycles. The minimum atomic E-state index is -3.09. The fourth-order valence-electron chi connectivity index (χ4n) is 1.90. The molecule has 0 atom stereocenters. The molecule has 124 valence electrons. The van der Waals surface area contributed by atoms with Crippen LogP contribution < -0.4 is 10.6 Å². The zero-order valence-corrected chi connectivity index (χ0v) is 14.6. The van der Waals surface area contributed by atoms with Crippen molar-refractivity contribution in [3.05, 3.63) is 0 Å². The number of ether oxygens (including phenoxy) is 1. The van der Waals surface area contributed by atoms with Gasteiger partial charge >= 0.3 is 6.09 Å². The molecule has 1 fully saturated rings. The van der Waals surface area contributed by atoms with E-state index in [1.807, 2.05) is 20.8 Å². The van der Waals surface area contributed by atoms with E-state index in [0.29, 0.717) is 6.54 Å². The van der Waals surface area contributed by atoms with Crippen LogP contribution in [0, 0.1) is 0 Å². The van der Waals surface area contributed by atoms with Gasteiger partial charge in [-0.05, 0) is 47.5 Å². The highest BCUT2D eigenvalue weighted by Crippen LogP contribution is 2.22. The Labute approximate surface area is 127 Å². The number of nitrogens with one attached hydrogen (secondary N) is 2. The number of carbonyl (C=O) groups excluding carboxylic acids is 1. The predicted octanol–water partition coefficient (Wildman–Crippen LogP) is 1.45. The van der Waals surface area contributed by atoms with Gasteiger partial charge in [0.25, 0.3) is 0 Å². The second-order valence-corrected chi connectivity index (χ2v) is 10.1. The van der Waals surface area contributed by atoms with Gasteiger partial charge in [-0.15, -0.1) is 0 Å². The Morgan fingerprint density at radius 1 is 1.14 bits per heavy atom. The molecule has 1 aliphatic carbocycles. The summed E-state index contributed by atoms with van der Waals surface area (Å²) in [6.45, 7) is 9.31. The summed E-state index contributed by atoms with van der Waals surface area (Å²) in [5.41, 5.74) is -0.495. The Hall–Kier alpha value is -0.820. The zero-order valence-electron chi connectivity index (χ0n) is 13.8. The zero-order chi connectivity index (χ0) is 16.5. The van der Waals surface area contributed by atoms with Crippen LogP contribution in [0.15, 0.2) is 0 Å². The van der Waals surface area contributed by atoms with Gasteiger partial charge in [0.2, 0.25) is 0 Å². The quantitative estimate of drug-likeness (QED) is 0.801. The monoisotopic (exact) mass is 320 g/mol. The summed E-state index contributed by atoms with van der Waals surface area (Å²) in [7, 11) is -3.09. The SMILES string of the molecule is CC(C)(C)OC(=O)NC1CC(NCC(C)(C)S(C)(=O)=O)C1. The highest BCUT2D eigenvalue weighted by atomic mass is 32.2. The summed E-state index contributed by atoms with van der Waals surface area (Å²) < 4.78 is 27.6. The third-order valence-electron chi connectivity index (χ3n) is 3.68. The first-order chi connectivity index (χ1) is 9.30. The fourth-order valence-corrected chi connectivity index (χ4v) is 2.24. The lowest BCUT2D eigenvalue weighted by Crippen LogP contribution is -2.55. The van der Waals surface area contributed by atoms with Crippen molar-refractivity contribution in [3.8, 4) is 0 Å². The maximum Gasteiger partial charge on any atom is 0.407 e. The largest absolute Gasteiger partial charge is 0.444 e. The number of alkyl carbamates (subject to hydrolysis) is 1. The van der Waals surface area contributed by atoms with E-state index in [9.17, 15) is 13.2 Å². The number of sulfone groups is 1. The Bertz CT molecular complexity index is 474. The van der Waals surface area contributed by atoms with E-state index in [1.54, 1.807) is 13.8 Å². The van der Waals surface area contributed by atoms with Gasteiger partial charge in [0, 0.05) is 24.9 Å². The van der Waals surface area contributed by atoms with Crippen LogP contribution in [0.2, 0.25) is 0 Å². The third-order valence-corrected chi connectivity index (χ3v) is 5.83. The second-order valence-electron chi connectivity index (χ2n) is 7.42. The van der Waals surface area contributed by atoms with Crippen LogP contribution in [0.25, 0.3) is 0 Å². The van der Waals surface area contributed by atoms with Crippen molar-refractivity contribution in [1.82, 2.24) is 10.6 Å². The highest BCUT2D eigenvalue weighted by Gasteiger charge is 2.35. The average molecular weight is 320 g/mol. The van der Waals surface area contributed by atoms with Gasteiger partial charge in [0.05, 0.1) is 4.75 Å². The molecule has 2 N–H and O–H groups in total. The van der Waals surface area contributed by atoms with Gasteiger partial charge in [-0.1, -0.05) is 0 Å². The van der Waals surface area contributed by atoms with Gasteiger partial charge < -0.3 is 15.4 Å². The van der Waals surface area contributed by atoms with Crippen LogP contribution in [0.5, 0.6) is 0 Å². The van der Waals surface area contributed by atoms with Gasteiger partial charge in [0.15, 0.2) is 9.84 Å². The fraction of sp³-hybridized carbons (Fsp3) is 0.929. The van der Waals surface area contributed by atoms with E-state index in [4.69, 9.17) is 4.74 Å². The third kappa shape index (κ3) is 5.82. The number of hydrogen-bond donors (Lipinski definition) is 2. The van der Waals surface area contributed by atoms with E-state index in [1.165, 1.54) is 6.26 Å². The molecule has 0 unspecified atom stereocenters. The van der Waals surface area contributed by atoms with Crippen molar-refractivity contribution >= 4 is 15.9 Å². The van der Waals surface area contributed by atoms with Gasteiger partial charge in [0.1, 0.15) is 5.60 Å². The van der Waals surface area contributed by atoms with Crippen LogP contribution in [0.1, 0.15) is 47.5 Å². The van der Waals surface area contributed by atoms with E-state index < -0.39 is 26.3 Å².